The third kappa shape index (κ3) is 4.74. The molecule has 36 heavy (non-hydrogen) atoms. The van der Waals surface area contributed by atoms with Gasteiger partial charge in [-0.25, -0.2) is 8.42 Å². The van der Waals surface area contributed by atoms with Crippen LogP contribution in [0.4, 0.5) is 0 Å². The van der Waals surface area contributed by atoms with Crippen molar-refractivity contribution in [1.29, 1.82) is 0 Å². The zero-order valence-corrected chi connectivity index (χ0v) is 21.6. The maximum atomic E-state index is 13.6. The number of hydrogen-bond donors (Lipinski definition) is 1. The summed E-state index contributed by atoms with van der Waals surface area (Å²) in [6.07, 6.45) is 5.58. The number of carboxylic acids is 1. The number of nitrogens with zero attached hydrogens (tertiary/aromatic N) is 3. The molecule has 1 aliphatic heterocycles. The third-order valence-corrected chi connectivity index (χ3v) is 9.60. The van der Waals surface area contributed by atoms with E-state index in [9.17, 15) is 18.3 Å². The van der Waals surface area contributed by atoms with Crippen molar-refractivity contribution in [2.45, 2.75) is 56.4 Å². The fraction of sp³-hybridized carbons (Fsp3) is 0.481. The molecule has 1 aliphatic carbocycles. The van der Waals surface area contributed by atoms with E-state index in [1.807, 2.05) is 29.8 Å². The summed E-state index contributed by atoms with van der Waals surface area (Å²) in [6, 6.07) is 12.3. The summed E-state index contributed by atoms with van der Waals surface area (Å²) in [5.74, 6) is 0.363. The van der Waals surface area contributed by atoms with Crippen LogP contribution in [0.3, 0.4) is 0 Å². The summed E-state index contributed by atoms with van der Waals surface area (Å²) in [5.41, 5.74) is 2.45. The van der Waals surface area contributed by atoms with E-state index in [1.54, 1.807) is 35.7 Å². The molecule has 2 atom stereocenters. The van der Waals surface area contributed by atoms with Gasteiger partial charge in [0.05, 0.1) is 35.7 Å². The Hall–Kier alpha value is -2.91. The highest BCUT2D eigenvalue weighted by Gasteiger charge is 2.42. The van der Waals surface area contributed by atoms with Gasteiger partial charge in [0.2, 0.25) is 10.0 Å². The van der Waals surface area contributed by atoms with Crippen LogP contribution in [0.1, 0.15) is 49.4 Å². The second kappa shape index (κ2) is 9.86. The predicted molar refractivity (Wildman–Crippen MR) is 137 cm³/mol. The van der Waals surface area contributed by atoms with Gasteiger partial charge in [0, 0.05) is 18.5 Å². The fourth-order valence-corrected chi connectivity index (χ4v) is 7.45. The number of fused-ring (bicyclic) bond motifs is 1. The van der Waals surface area contributed by atoms with Gasteiger partial charge in [0.1, 0.15) is 5.75 Å². The van der Waals surface area contributed by atoms with Crippen LogP contribution in [0.2, 0.25) is 0 Å². The highest BCUT2D eigenvalue weighted by molar-refractivity contribution is 7.89. The van der Waals surface area contributed by atoms with Crippen LogP contribution in [0.25, 0.3) is 10.9 Å². The van der Waals surface area contributed by atoms with E-state index in [0.717, 1.165) is 22.9 Å². The van der Waals surface area contributed by atoms with Crippen molar-refractivity contribution < 1.29 is 23.1 Å². The second-order valence-corrected chi connectivity index (χ2v) is 12.1. The highest BCUT2D eigenvalue weighted by Crippen LogP contribution is 2.41. The normalized spacial score (nSPS) is 21.4. The van der Waals surface area contributed by atoms with Crippen LogP contribution in [0.5, 0.6) is 5.75 Å². The Labute approximate surface area is 211 Å². The van der Waals surface area contributed by atoms with Crippen LogP contribution < -0.4 is 4.74 Å². The lowest BCUT2D eigenvalue weighted by molar-refractivity contribution is -0.136. The van der Waals surface area contributed by atoms with Crippen LogP contribution >= 0.6 is 0 Å². The largest absolute Gasteiger partial charge is 0.497 e. The van der Waals surface area contributed by atoms with Crippen molar-refractivity contribution in [3.8, 4) is 5.75 Å². The molecule has 0 unspecified atom stereocenters. The Morgan fingerprint density at radius 3 is 2.50 bits per heavy atom. The molecule has 0 spiro atoms. The Morgan fingerprint density at radius 2 is 1.83 bits per heavy atom. The topological polar surface area (TPSA) is 102 Å². The number of aryl methyl sites for hydroxylation is 1. The maximum absolute atomic E-state index is 13.6. The van der Waals surface area contributed by atoms with Crippen molar-refractivity contribution >= 4 is 26.9 Å². The molecule has 1 saturated carbocycles. The van der Waals surface area contributed by atoms with Gasteiger partial charge in [0.25, 0.3) is 0 Å². The van der Waals surface area contributed by atoms with Gasteiger partial charge in [-0.1, -0.05) is 37.8 Å². The molecule has 2 aromatic carbocycles. The van der Waals surface area contributed by atoms with Gasteiger partial charge in [-0.15, -0.1) is 0 Å². The zero-order chi connectivity index (χ0) is 25.4. The maximum Gasteiger partial charge on any atom is 0.309 e. The van der Waals surface area contributed by atoms with Crippen molar-refractivity contribution in [3.05, 3.63) is 53.7 Å². The smallest absolute Gasteiger partial charge is 0.309 e. The molecular formula is C27H33N3O5S. The molecule has 8 nitrogen and oxygen atoms in total. The molecule has 1 N–H and O–H groups in total. The highest BCUT2D eigenvalue weighted by atomic mass is 32.2. The molecule has 9 heteroatoms. The quantitative estimate of drug-likeness (QED) is 0.480. The number of aromatic nitrogens is 2. The second-order valence-electron chi connectivity index (χ2n) is 10.2. The standard InChI is InChI=1S/C27H33N3O5S/c1-18-7-12-23-24(15-27(31)32)28-30(25(23)13-18)26-17-29(16-20(26)14-19-5-3-4-6-19)36(33,34)22-10-8-21(35-2)9-11-22/h7-13,19-20,26H,3-6,14-17H2,1-2H3,(H,31,32)/t20-,26+/m1/s1. The molecule has 2 fully saturated rings. The zero-order valence-electron chi connectivity index (χ0n) is 20.8. The average Bonchev–Trinajstić information content (AvgIpc) is 3.59. The number of rotatable bonds is 8. The lowest BCUT2D eigenvalue weighted by Gasteiger charge is -2.22. The number of carbonyl (C=O) groups is 1. The van der Waals surface area contributed by atoms with Crippen LogP contribution in [0, 0.1) is 18.8 Å². The summed E-state index contributed by atoms with van der Waals surface area (Å²) in [6.45, 7) is 2.73. The predicted octanol–water partition coefficient (Wildman–Crippen LogP) is 4.42. The molecule has 5 rings (SSSR count). The van der Waals surface area contributed by atoms with E-state index < -0.39 is 16.0 Å². The monoisotopic (exact) mass is 511 g/mol. The lowest BCUT2D eigenvalue weighted by atomic mass is 9.90. The van der Waals surface area contributed by atoms with Crippen molar-refractivity contribution in [2.75, 3.05) is 20.2 Å². The fourth-order valence-electron chi connectivity index (χ4n) is 5.93. The van der Waals surface area contributed by atoms with Gasteiger partial charge in [-0.2, -0.15) is 9.40 Å². The van der Waals surface area contributed by atoms with Crippen LogP contribution in [-0.4, -0.2) is 53.8 Å². The van der Waals surface area contributed by atoms with E-state index >= 15 is 0 Å². The first kappa shape index (κ1) is 24.8. The van der Waals surface area contributed by atoms with Crippen LogP contribution in [0.15, 0.2) is 47.4 Å². The molecule has 0 radical (unpaired) electrons. The number of benzene rings is 2. The minimum atomic E-state index is -3.70. The molecule has 2 aliphatic rings. The lowest BCUT2D eigenvalue weighted by Crippen LogP contribution is -2.29. The number of sulfonamides is 1. The number of methoxy groups -OCH3 is 1. The molecule has 3 aromatic rings. The van der Waals surface area contributed by atoms with Crippen LogP contribution in [-0.2, 0) is 21.2 Å². The molecule has 0 amide bonds. The summed E-state index contributed by atoms with van der Waals surface area (Å²) in [4.78, 5) is 11.8. The summed E-state index contributed by atoms with van der Waals surface area (Å²) >= 11 is 0. The number of carboxylic acid groups (broad SMARTS) is 1. The molecule has 1 saturated heterocycles. The van der Waals surface area contributed by atoms with Crippen molar-refractivity contribution in [1.82, 2.24) is 14.1 Å². The third-order valence-electron chi connectivity index (χ3n) is 7.75. The minimum Gasteiger partial charge on any atom is -0.497 e. The molecular weight excluding hydrogens is 478 g/mol. The van der Waals surface area contributed by atoms with E-state index in [0.29, 0.717) is 30.5 Å². The summed E-state index contributed by atoms with van der Waals surface area (Å²) < 4.78 is 36.0. The van der Waals surface area contributed by atoms with Gasteiger partial charge in [-0.3, -0.25) is 9.48 Å². The first-order chi connectivity index (χ1) is 17.3. The number of ether oxygens (including phenoxy) is 1. The van der Waals surface area contributed by atoms with E-state index in [-0.39, 0.29) is 23.3 Å². The first-order valence-corrected chi connectivity index (χ1v) is 14.0. The van der Waals surface area contributed by atoms with Crippen molar-refractivity contribution in [3.63, 3.8) is 0 Å². The average molecular weight is 512 g/mol. The van der Waals surface area contributed by atoms with Gasteiger partial charge >= 0.3 is 5.97 Å². The Kier molecular flexibility index (Phi) is 6.78. The molecule has 192 valence electrons. The first-order valence-electron chi connectivity index (χ1n) is 12.6. The Morgan fingerprint density at radius 1 is 1.11 bits per heavy atom. The van der Waals surface area contributed by atoms with Gasteiger partial charge in [-0.05, 0) is 61.1 Å². The van der Waals surface area contributed by atoms with E-state index in [1.165, 1.54) is 25.7 Å². The van der Waals surface area contributed by atoms with E-state index in [2.05, 4.69) is 0 Å². The van der Waals surface area contributed by atoms with Crippen molar-refractivity contribution in [2.24, 2.45) is 11.8 Å². The van der Waals surface area contributed by atoms with Gasteiger partial charge in [0.15, 0.2) is 0 Å². The SMILES string of the molecule is COc1ccc(S(=O)(=O)N2C[C@@H](CC3CCCC3)[C@@H](n3nc(CC(=O)O)c4ccc(C)cc43)C2)cc1. The molecule has 1 aromatic heterocycles. The Bertz CT molecular complexity index is 1360. The van der Waals surface area contributed by atoms with Gasteiger partial charge < -0.3 is 9.84 Å². The molecule has 0 bridgehead atoms. The molecule has 2 heterocycles. The van der Waals surface area contributed by atoms with E-state index in [4.69, 9.17) is 9.84 Å². The summed E-state index contributed by atoms with van der Waals surface area (Å²) in [7, 11) is -2.15. The summed E-state index contributed by atoms with van der Waals surface area (Å²) in [5, 5.41) is 15.1. The number of hydrogen-bond acceptors (Lipinski definition) is 5. The minimum absolute atomic E-state index is 0.0995. The Balaban J connectivity index is 1.53. The number of aliphatic carboxylic acids is 1.